The van der Waals surface area contributed by atoms with E-state index in [0.29, 0.717) is 50.1 Å². The number of carbonyl (C=O) groups is 2. The van der Waals surface area contributed by atoms with Crippen molar-refractivity contribution in [1.29, 1.82) is 0 Å². The Bertz CT molecular complexity index is 853. The summed E-state index contributed by atoms with van der Waals surface area (Å²) in [6.07, 6.45) is 1.49. The topological polar surface area (TPSA) is 82.8 Å². The third kappa shape index (κ3) is 3.58. The first-order chi connectivity index (χ1) is 13.5. The van der Waals surface area contributed by atoms with Crippen LogP contribution in [0.1, 0.15) is 48.9 Å². The van der Waals surface area contributed by atoms with Crippen molar-refractivity contribution < 1.29 is 14.0 Å². The van der Waals surface area contributed by atoms with Gasteiger partial charge in [-0.15, -0.1) is 5.10 Å². The Kier molecular flexibility index (Phi) is 5.02. The van der Waals surface area contributed by atoms with E-state index >= 15 is 0 Å². The Hall–Kier alpha value is -2.90. The van der Waals surface area contributed by atoms with Crippen LogP contribution < -0.4 is 9.80 Å². The molecule has 0 spiro atoms. The van der Waals surface area contributed by atoms with Crippen molar-refractivity contribution in [2.75, 3.05) is 42.5 Å². The Balaban J connectivity index is 1.36. The van der Waals surface area contributed by atoms with Gasteiger partial charge in [0.1, 0.15) is 0 Å². The predicted octanol–water partition coefficient (Wildman–Crippen LogP) is 2.28. The van der Waals surface area contributed by atoms with Gasteiger partial charge in [-0.05, 0) is 30.7 Å². The SMILES string of the molecule is CC(C)c1nnc(N2CCN(C(=O)c3ccc(N4CCCC4=O)cc3)CC2)o1. The van der Waals surface area contributed by atoms with Crippen LogP contribution in [0.15, 0.2) is 28.7 Å². The van der Waals surface area contributed by atoms with Gasteiger partial charge in [0.05, 0.1) is 0 Å². The number of aromatic nitrogens is 2. The minimum absolute atomic E-state index is 0.00680. The maximum Gasteiger partial charge on any atom is 0.318 e. The van der Waals surface area contributed by atoms with Crippen molar-refractivity contribution in [3.63, 3.8) is 0 Å². The highest BCUT2D eigenvalue weighted by Crippen LogP contribution is 2.23. The highest BCUT2D eigenvalue weighted by Gasteiger charge is 2.26. The molecule has 1 aromatic carbocycles. The van der Waals surface area contributed by atoms with Gasteiger partial charge in [0, 0.05) is 56.3 Å². The molecule has 0 saturated carbocycles. The molecule has 2 amide bonds. The molecule has 2 saturated heterocycles. The van der Waals surface area contributed by atoms with Gasteiger partial charge in [0.25, 0.3) is 5.91 Å². The summed E-state index contributed by atoms with van der Waals surface area (Å²) in [5, 5.41) is 8.19. The van der Waals surface area contributed by atoms with Gasteiger partial charge in [-0.2, -0.15) is 0 Å². The molecule has 28 heavy (non-hydrogen) atoms. The minimum Gasteiger partial charge on any atom is -0.408 e. The van der Waals surface area contributed by atoms with E-state index in [1.807, 2.05) is 47.9 Å². The molecule has 0 radical (unpaired) electrons. The second kappa shape index (κ2) is 7.61. The first-order valence-electron chi connectivity index (χ1n) is 9.81. The van der Waals surface area contributed by atoms with E-state index in [0.717, 1.165) is 18.7 Å². The first-order valence-corrected chi connectivity index (χ1v) is 9.81. The van der Waals surface area contributed by atoms with Gasteiger partial charge in [-0.25, -0.2) is 0 Å². The van der Waals surface area contributed by atoms with Gasteiger partial charge in [-0.1, -0.05) is 18.9 Å². The Morgan fingerprint density at radius 3 is 2.32 bits per heavy atom. The van der Waals surface area contributed by atoms with Crippen molar-refractivity contribution in [3.05, 3.63) is 35.7 Å². The summed E-state index contributed by atoms with van der Waals surface area (Å²) >= 11 is 0. The van der Waals surface area contributed by atoms with E-state index in [9.17, 15) is 9.59 Å². The Morgan fingerprint density at radius 1 is 1.04 bits per heavy atom. The summed E-state index contributed by atoms with van der Waals surface area (Å²) in [5.41, 5.74) is 1.50. The molecule has 0 atom stereocenters. The number of carbonyl (C=O) groups excluding carboxylic acids is 2. The summed E-state index contributed by atoms with van der Waals surface area (Å²) in [4.78, 5) is 30.3. The van der Waals surface area contributed by atoms with Gasteiger partial charge in [0.2, 0.25) is 11.8 Å². The zero-order chi connectivity index (χ0) is 19.7. The van der Waals surface area contributed by atoms with Crippen LogP contribution in [0.2, 0.25) is 0 Å². The fraction of sp³-hybridized carbons (Fsp3) is 0.500. The number of rotatable bonds is 4. The second-order valence-corrected chi connectivity index (χ2v) is 7.55. The molecule has 4 rings (SSSR count). The normalized spacial score (nSPS) is 17.7. The summed E-state index contributed by atoms with van der Waals surface area (Å²) in [6, 6.07) is 7.86. The van der Waals surface area contributed by atoms with Gasteiger partial charge < -0.3 is 19.1 Å². The monoisotopic (exact) mass is 383 g/mol. The lowest BCUT2D eigenvalue weighted by atomic mass is 10.1. The van der Waals surface area contributed by atoms with Crippen molar-refractivity contribution in [3.8, 4) is 0 Å². The highest BCUT2D eigenvalue weighted by atomic mass is 16.4. The summed E-state index contributed by atoms with van der Waals surface area (Å²) in [6.45, 7) is 7.30. The predicted molar refractivity (Wildman–Crippen MR) is 105 cm³/mol. The van der Waals surface area contributed by atoms with Crippen LogP contribution in [-0.2, 0) is 4.79 Å². The van der Waals surface area contributed by atoms with E-state index in [1.165, 1.54) is 0 Å². The molecule has 2 aromatic rings. The van der Waals surface area contributed by atoms with Gasteiger partial charge in [-0.3, -0.25) is 9.59 Å². The smallest absolute Gasteiger partial charge is 0.318 e. The molecule has 3 heterocycles. The number of benzene rings is 1. The van der Waals surface area contributed by atoms with Crippen molar-refractivity contribution in [1.82, 2.24) is 15.1 Å². The Labute approximate surface area is 164 Å². The molecule has 0 aliphatic carbocycles. The van der Waals surface area contributed by atoms with E-state index in [1.54, 1.807) is 4.90 Å². The molecule has 148 valence electrons. The standard InChI is InChI=1S/C20H25N5O3/c1-14(2)18-21-22-20(28-18)24-12-10-23(11-13-24)19(27)15-5-7-16(8-6-15)25-9-3-4-17(25)26/h5-8,14H,3-4,9-13H2,1-2H3. The first kappa shape index (κ1) is 18.5. The number of amides is 2. The molecule has 2 aliphatic rings. The van der Waals surface area contributed by atoms with E-state index in [4.69, 9.17) is 4.42 Å². The second-order valence-electron chi connectivity index (χ2n) is 7.55. The largest absolute Gasteiger partial charge is 0.408 e. The summed E-state index contributed by atoms with van der Waals surface area (Å²) in [5.74, 6) is 0.984. The zero-order valence-electron chi connectivity index (χ0n) is 16.3. The maximum absolute atomic E-state index is 12.8. The lowest BCUT2D eigenvalue weighted by Crippen LogP contribution is -2.49. The van der Waals surface area contributed by atoms with Crippen molar-refractivity contribution >= 4 is 23.5 Å². The minimum atomic E-state index is 0.00680. The lowest BCUT2D eigenvalue weighted by molar-refractivity contribution is -0.117. The molecular weight excluding hydrogens is 358 g/mol. The summed E-state index contributed by atoms with van der Waals surface area (Å²) < 4.78 is 5.70. The molecule has 0 unspecified atom stereocenters. The third-order valence-corrected chi connectivity index (χ3v) is 5.26. The zero-order valence-corrected chi connectivity index (χ0v) is 16.3. The maximum atomic E-state index is 12.8. The quantitative estimate of drug-likeness (QED) is 0.806. The van der Waals surface area contributed by atoms with Crippen molar-refractivity contribution in [2.24, 2.45) is 0 Å². The Morgan fingerprint density at radius 2 is 1.75 bits per heavy atom. The van der Waals surface area contributed by atoms with Gasteiger partial charge in [0.15, 0.2) is 0 Å². The van der Waals surface area contributed by atoms with Crippen LogP contribution in [0.4, 0.5) is 11.7 Å². The molecule has 8 nitrogen and oxygen atoms in total. The molecule has 1 aromatic heterocycles. The fourth-order valence-corrected chi connectivity index (χ4v) is 3.58. The third-order valence-electron chi connectivity index (χ3n) is 5.26. The van der Waals surface area contributed by atoms with E-state index in [-0.39, 0.29) is 17.7 Å². The molecular formula is C20H25N5O3. The van der Waals surface area contributed by atoms with E-state index < -0.39 is 0 Å². The van der Waals surface area contributed by atoms with Crippen molar-refractivity contribution in [2.45, 2.75) is 32.6 Å². The molecule has 0 bridgehead atoms. The number of anilines is 2. The van der Waals surface area contributed by atoms with Gasteiger partial charge >= 0.3 is 6.01 Å². The molecule has 2 fully saturated rings. The number of piperazine rings is 1. The van der Waals surface area contributed by atoms with E-state index in [2.05, 4.69) is 10.2 Å². The summed E-state index contributed by atoms with van der Waals surface area (Å²) in [7, 11) is 0. The average molecular weight is 383 g/mol. The molecule has 0 N–H and O–H groups in total. The fourth-order valence-electron chi connectivity index (χ4n) is 3.58. The highest BCUT2D eigenvalue weighted by molar-refractivity contribution is 5.97. The number of nitrogens with zero attached hydrogens (tertiary/aromatic N) is 5. The van der Waals surface area contributed by atoms with Crippen LogP contribution >= 0.6 is 0 Å². The number of hydrogen-bond acceptors (Lipinski definition) is 6. The number of hydrogen-bond donors (Lipinski definition) is 0. The van der Waals surface area contributed by atoms with Crippen LogP contribution in [0.25, 0.3) is 0 Å². The van der Waals surface area contributed by atoms with Crippen LogP contribution in [0.5, 0.6) is 0 Å². The molecule has 8 heteroatoms. The lowest BCUT2D eigenvalue weighted by Gasteiger charge is -2.33. The average Bonchev–Trinajstić information content (AvgIpc) is 3.37. The van der Waals surface area contributed by atoms with Crippen LogP contribution in [-0.4, -0.2) is 59.6 Å². The van der Waals surface area contributed by atoms with Crippen LogP contribution in [0.3, 0.4) is 0 Å². The molecule has 2 aliphatic heterocycles. The van der Waals surface area contributed by atoms with Crippen LogP contribution in [0, 0.1) is 0 Å².